The fourth-order valence-corrected chi connectivity index (χ4v) is 1.50. The maximum absolute atomic E-state index is 10.7. The number of methoxy groups -OCH3 is 1. The summed E-state index contributed by atoms with van der Waals surface area (Å²) < 4.78 is 4.90. The summed E-state index contributed by atoms with van der Waals surface area (Å²) in [4.78, 5) is 10.7. The van der Waals surface area contributed by atoms with E-state index < -0.39 is 6.10 Å². The van der Waals surface area contributed by atoms with Crippen molar-refractivity contribution in [2.45, 2.75) is 25.0 Å². The zero-order chi connectivity index (χ0) is 8.36. The van der Waals surface area contributed by atoms with Crippen LogP contribution in [0.2, 0.25) is 5.04 Å². The Morgan fingerprint density at radius 2 is 2.10 bits per heavy atom. The minimum atomic E-state index is -0.493. The van der Waals surface area contributed by atoms with Crippen molar-refractivity contribution in [3.63, 3.8) is 0 Å². The monoisotopic (exact) mass is 175 g/mol. The van der Waals surface area contributed by atoms with E-state index in [0.29, 0.717) is 0 Å². The Hall–Kier alpha value is 0.197. The van der Waals surface area contributed by atoms with E-state index in [-0.39, 0.29) is 10.2 Å². The van der Waals surface area contributed by atoms with Gasteiger partial charge in [-0.25, -0.2) is 0 Å². The first-order chi connectivity index (χ1) is 4.39. The molecule has 57 valence electrons. The fourth-order valence-electron chi connectivity index (χ4n) is 0.704. The quantitative estimate of drug-likeness (QED) is 0.508. The van der Waals surface area contributed by atoms with Crippen LogP contribution in [0.4, 0.5) is 0 Å². The molecule has 0 N–H and O–H groups in total. The number of carbonyl (C=O) groups is 1. The SMILES string of the molecule is COC(C(=O)S)C(C)(C)[Si]. The van der Waals surface area contributed by atoms with E-state index in [0.717, 1.165) is 0 Å². The van der Waals surface area contributed by atoms with Crippen molar-refractivity contribution < 1.29 is 9.53 Å². The second-order valence-corrected chi connectivity index (χ2v) is 4.41. The molecule has 0 amide bonds. The third kappa shape index (κ3) is 2.85. The van der Waals surface area contributed by atoms with Gasteiger partial charge in [0.1, 0.15) is 6.10 Å². The van der Waals surface area contributed by atoms with Crippen molar-refractivity contribution in [3.8, 4) is 0 Å². The molecule has 0 bridgehead atoms. The number of rotatable bonds is 3. The van der Waals surface area contributed by atoms with Crippen LogP contribution in [0.5, 0.6) is 0 Å². The molecule has 0 fully saturated rings. The first-order valence-electron chi connectivity index (χ1n) is 2.90. The summed E-state index contributed by atoms with van der Waals surface area (Å²) in [5.74, 6) is 0. The molecule has 0 aliphatic rings. The second-order valence-electron chi connectivity index (χ2n) is 2.68. The molecule has 1 unspecified atom stereocenters. The molecule has 1 atom stereocenters. The average molecular weight is 175 g/mol. The van der Waals surface area contributed by atoms with E-state index in [2.05, 4.69) is 22.9 Å². The van der Waals surface area contributed by atoms with Crippen LogP contribution in [0.15, 0.2) is 0 Å². The molecule has 0 aromatic carbocycles. The van der Waals surface area contributed by atoms with Gasteiger partial charge in [0.05, 0.1) is 0 Å². The van der Waals surface area contributed by atoms with Crippen molar-refractivity contribution in [1.29, 1.82) is 0 Å². The van der Waals surface area contributed by atoms with Crippen molar-refractivity contribution in [1.82, 2.24) is 0 Å². The van der Waals surface area contributed by atoms with Crippen molar-refractivity contribution in [2.75, 3.05) is 7.11 Å². The molecule has 0 aliphatic carbocycles. The molecule has 0 spiro atoms. The molecular weight excluding hydrogens is 164 g/mol. The number of hydrogen-bond donors (Lipinski definition) is 1. The molecule has 0 saturated heterocycles. The number of hydrogen-bond acceptors (Lipinski definition) is 2. The van der Waals surface area contributed by atoms with E-state index in [1.807, 2.05) is 13.8 Å². The topological polar surface area (TPSA) is 26.3 Å². The lowest BCUT2D eigenvalue weighted by molar-refractivity contribution is -0.121. The van der Waals surface area contributed by atoms with Gasteiger partial charge in [0, 0.05) is 17.4 Å². The Bertz CT molecular complexity index is 130. The van der Waals surface area contributed by atoms with E-state index in [1.54, 1.807) is 0 Å². The van der Waals surface area contributed by atoms with E-state index in [1.165, 1.54) is 7.11 Å². The van der Waals surface area contributed by atoms with Crippen LogP contribution >= 0.6 is 12.6 Å². The van der Waals surface area contributed by atoms with Crippen LogP contribution in [0.3, 0.4) is 0 Å². The molecule has 2 nitrogen and oxygen atoms in total. The van der Waals surface area contributed by atoms with Gasteiger partial charge in [0.25, 0.3) is 0 Å². The van der Waals surface area contributed by atoms with Crippen LogP contribution in [0.1, 0.15) is 13.8 Å². The van der Waals surface area contributed by atoms with Crippen molar-refractivity contribution in [3.05, 3.63) is 0 Å². The maximum Gasteiger partial charge on any atom is 0.214 e. The van der Waals surface area contributed by atoms with Gasteiger partial charge in [-0.05, 0) is 5.04 Å². The minimum Gasteiger partial charge on any atom is -0.372 e. The van der Waals surface area contributed by atoms with Crippen LogP contribution in [0, 0.1) is 0 Å². The molecule has 0 saturated carbocycles. The smallest absolute Gasteiger partial charge is 0.214 e. The highest BCUT2D eigenvalue weighted by Crippen LogP contribution is 2.27. The third-order valence-electron chi connectivity index (χ3n) is 1.12. The predicted molar refractivity (Wildman–Crippen MR) is 44.6 cm³/mol. The Labute approximate surface area is 70.2 Å². The molecule has 3 radical (unpaired) electrons. The second kappa shape index (κ2) is 3.55. The highest BCUT2D eigenvalue weighted by molar-refractivity contribution is 7.96. The van der Waals surface area contributed by atoms with Gasteiger partial charge in [0.2, 0.25) is 5.12 Å². The van der Waals surface area contributed by atoms with Gasteiger partial charge in [-0.1, -0.05) is 13.8 Å². The molecule has 0 heterocycles. The maximum atomic E-state index is 10.7. The van der Waals surface area contributed by atoms with Crippen LogP contribution in [-0.2, 0) is 9.53 Å². The summed E-state index contributed by atoms with van der Waals surface area (Å²) in [5, 5.41) is -0.615. The summed E-state index contributed by atoms with van der Waals surface area (Å²) in [7, 11) is 4.85. The first-order valence-corrected chi connectivity index (χ1v) is 3.85. The van der Waals surface area contributed by atoms with Crippen LogP contribution in [0.25, 0.3) is 0 Å². The summed E-state index contributed by atoms with van der Waals surface area (Å²) in [6, 6.07) is 0. The highest BCUT2D eigenvalue weighted by Gasteiger charge is 2.28. The number of thiol groups is 1. The summed E-state index contributed by atoms with van der Waals surface area (Å²) >= 11 is 3.67. The molecule has 0 rings (SSSR count). The number of ether oxygens (including phenoxy) is 1. The zero-order valence-corrected chi connectivity index (χ0v) is 8.24. The molecule has 4 heteroatoms. The van der Waals surface area contributed by atoms with E-state index >= 15 is 0 Å². The lowest BCUT2D eigenvalue weighted by atomic mass is 10.1. The lowest BCUT2D eigenvalue weighted by Crippen LogP contribution is -2.30. The average Bonchev–Trinajstić information content (AvgIpc) is 1.60. The standard InChI is InChI=1S/C6H11O2SSi/c1-6(2,10)4(8-3)5(7)9/h4H,1-3H3,(H,7,9). The van der Waals surface area contributed by atoms with Crippen LogP contribution < -0.4 is 0 Å². The van der Waals surface area contributed by atoms with Crippen molar-refractivity contribution in [2.24, 2.45) is 0 Å². The van der Waals surface area contributed by atoms with Gasteiger partial charge >= 0.3 is 0 Å². The lowest BCUT2D eigenvalue weighted by Gasteiger charge is -2.25. The third-order valence-corrected chi connectivity index (χ3v) is 1.61. The van der Waals surface area contributed by atoms with Gasteiger partial charge in [-0.15, -0.1) is 12.6 Å². The van der Waals surface area contributed by atoms with Gasteiger partial charge < -0.3 is 4.74 Å². The van der Waals surface area contributed by atoms with Crippen LogP contribution in [-0.4, -0.2) is 28.6 Å². The molecule has 0 aromatic heterocycles. The Kier molecular flexibility index (Phi) is 3.62. The van der Waals surface area contributed by atoms with Crippen molar-refractivity contribution >= 4 is 28.0 Å². The number of carbonyl (C=O) groups excluding carboxylic acids is 1. The summed E-state index contributed by atoms with van der Waals surface area (Å²) in [6.45, 7) is 3.71. The molecule has 0 aromatic rings. The Balaban J connectivity index is 4.22. The highest BCUT2D eigenvalue weighted by atomic mass is 32.1. The van der Waals surface area contributed by atoms with Gasteiger partial charge in [-0.3, -0.25) is 4.79 Å². The summed E-state index contributed by atoms with van der Waals surface area (Å²) in [5.41, 5.74) is 0. The van der Waals surface area contributed by atoms with E-state index in [9.17, 15) is 4.79 Å². The van der Waals surface area contributed by atoms with E-state index in [4.69, 9.17) is 4.74 Å². The predicted octanol–water partition coefficient (Wildman–Crippen LogP) is 0.825. The Morgan fingerprint density at radius 3 is 2.10 bits per heavy atom. The first kappa shape index (κ1) is 10.2. The molecular formula is C6H11O2SSi. The van der Waals surface area contributed by atoms with Gasteiger partial charge in [-0.2, -0.15) is 0 Å². The summed E-state index contributed by atoms with van der Waals surface area (Å²) in [6.07, 6.45) is -0.493. The molecule has 10 heavy (non-hydrogen) atoms. The largest absolute Gasteiger partial charge is 0.372 e. The zero-order valence-electron chi connectivity index (χ0n) is 6.34. The normalized spacial score (nSPS) is 14.9. The fraction of sp³-hybridized carbons (Fsp3) is 0.833. The molecule has 0 aliphatic heterocycles. The minimum absolute atomic E-state index is 0.262. The van der Waals surface area contributed by atoms with Gasteiger partial charge in [0.15, 0.2) is 0 Å². The Morgan fingerprint density at radius 1 is 1.70 bits per heavy atom.